The Labute approximate surface area is 183 Å². The number of benzene rings is 1. The van der Waals surface area contributed by atoms with Crippen LogP contribution < -0.4 is 5.32 Å². The van der Waals surface area contributed by atoms with E-state index in [1.807, 2.05) is 0 Å². The summed E-state index contributed by atoms with van der Waals surface area (Å²) in [6, 6.07) is 7.16. The number of rotatable bonds is 5. The molecule has 1 atom stereocenters. The van der Waals surface area contributed by atoms with Crippen molar-refractivity contribution < 1.29 is 22.1 Å². The van der Waals surface area contributed by atoms with Crippen molar-refractivity contribution in [2.45, 2.75) is 31.6 Å². The van der Waals surface area contributed by atoms with E-state index in [4.69, 9.17) is 4.52 Å². The highest BCUT2D eigenvalue weighted by Crippen LogP contribution is 2.35. The van der Waals surface area contributed by atoms with Crippen molar-refractivity contribution in [3.05, 3.63) is 46.9 Å². The van der Waals surface area contributed by atoms with Crippen LogP contribution in [-0.2, 0) is 14.8 Å². The Balaban J connectivity index is 1.52. The number of thiophene rings is 1. The summed E-state index contributed by atoms with van der Waals surface area (Å²) in [5.74, 6) is -0.557. The second-order valence-electron chi connectivity index (χ2n) is 7.37. The van der Waals surface area contributed by atoms with Crippen molar-refractivity contribution in [1.29, 1.82) is 0 Å². The smallest absolute Gasteiger partial charge is 0.244 e. The van der Waals surface area contributed by atoms with Crippen LogP contribution in [0.4, 0.5) is 10.1 Å². The van der Waals surface area contributed by atoms with Crippen molar-refractivity contribution >= 4 is 33.0 Å². The van der Waals surface area contributed by atoms with Gasteiger partial charge in [0.25, 0.3) is 0 Å². The third-order valence-corrected chi connectivity index (χ3v) is 8.25. The molecule has 0 spiro atoms. The van der Waals surface area contributed by atoms with Crippen LogP contribution in [0.2, 0.25) is 0 Å². The Kier molecular flexibility index (Phi) is 5.91. The molecule has 1 N–H and O–H groups in total. The summed E-state index contributed by atoms with van der Waals surface area (Å²) >= 11 is 1.28. The van der Waals surface area contributed by atoms with Crippen LogP contribution in [0.15, 0.2) is 39.8 Å². The van der Waals surface area contributed by atoms with Gasteiger partial charge in [-0.15, -0.1) is 11.3 Å². The predicted octanol–water partition coefficient (Wildman–Crippen LogP) is 3.59. The first-order valence-corrected chi connectivity index (χ1v) is 12.0. The molecule has 1 saturated heterocycles. The van der Waals surface area contributed by atoms with Crippen LogP contribution >= 0.6 is 11.3 Å². The first kappa shape index (κ1) is 21.6. The van der Waals surface area contributed by atoms with E-state index in [0.717, 1.165) is 0 Å². The number of anilines is 1. The fourth-order valence-corrected chi connectivity index (χ4v) is 6.57. The average Bonchev–Trinajstić information content (AvgIpc) is 3.34. The number of hydrogen-bond donors (Lipinski definition) is 1. The molecule has 2 aromatic heterocycles. The molecule has 31 heavy (non-hydrogen) atoms. The van der Waals surface area contributed by atoms with Gasteiger partial charge in [-0.1, -0.05) is 11.2 Å². The Hall–Kier alpha value is -2.63. The number of nitrogens with zero attached hydrogens (tertiary/aromatic N) is 3. The second kappa shape index (κ2) is 8.48. The molecule has 1 aliphatic heterocycles. The third-order valence-electron chi connectivity index (χ3n) is 5.09. The van der Waals surface area contributed by atoms with E-state index in [1.165, 1.54) is 33.8 Å². The molecule has 3 aromatic rings. The lowest BCUT2D eigenvalue weighted by atomic mass is 9.99. The molecule has 4 rings (SSSR count). The summed E-state index contributed by atoms with van der Waals surface area (Å²) in [5.41, 5.74) is 0.346. The number of carbonyl (C=O) groups is 1. The van der Waals surface area contributed by atoms with Crippen LogP contribution in [0.5, 0.6) is 0 Å². The van der Waals surface area contributed by atoms with E-state index < -0.39 is 21.8 Å². The monoisotopic (exact) mass is 464 g/mol. The first-order chi connectivity index (χ1) is 14.7. The number of aryl methyl sites for hydroxylation is 2. The summed E-state index contributed by atoms with van der Waals surface area (Å²) in [6.07, 6.45) is 1.11. The molecule has 0 unspecified atom stereocenters. The lowest BCUT2D eigenvalue weighted by Crippen LogP contribution is -2.43. The minimum Gasteiger partial charge on any atom is -0.339 e. The zero-order valence-electron chi connectivity index (χ0n) is 17.0. The fourth-order valence-electron chi connectivity index (χ4n) is 3.56. The topological polar surface area (TPSA) is 105 Å². The average molecular weight is 465 g/mol. The van der Waals surface area contributed by atoms with Crippen molar-refractivity contribution in [3.8, 4) is 10.7 Å². The van der Waals surface area contributed by atoms with Crippen molar-refractivity contribution in [2.24, 2.45) is 5.92 Å². The predicted molar refractivity (Wildman–Crippen MR) is 114 cm³/mol. The molecule has 1 aliphatic rings. The molecule has 0 radical (unpaired) electrons. The third kappa shape index (κ3) is 4.53. The number of halogens is 1. The zero-order chi connectivity index (χ0) is 22.2. The number of nitrogens with one attached hydrogen (secondary N) is 1. The lowest BCUT2D eigenvalue weighted by Gasteiger charge is -2.31. The summed E-state index contributed by atoms with van der Waals surface area (Å²) in [5, 5.41) is 6.53. The van der Waals surface area contributed by atoms with Gasteiger partial charge in [-0.05, 0) is 44.0 Å². The van der Waals surface area contributed by atoms with Gasteiger partial charge in [0.2, 0.25) is 27.6 Å². The Bertz CT molecular complexity index is 1220. The maximum Gasteiger partial charge on any atom is 0.244 e. The lowest BCUT2D eigenvalue weighted by molar-refractivity contribution is -0.120. The van der Waals surface area contributed by atoms with Gasteiger partial charge in [-0.3, -0.25) is 4.79 Å². The molecule has 1 aromatic carbocycles. The highest BCUT2D eigenvalue weighted by atomic mass is 32.2. The summed E-state index contributed by atoms with van der Waals surface area (Å²) < 4.78 is 46.3. The largest absolute Gasteiger partial charge is 0.339 e. The first-order valence-electron chi connectivity index (χ1n) is 9.72. The second-order valence-corrected chi connectivity index (χ2v) is 10.5. The van der Waals surface area contributed by atoms with E-state index in [1.54, 1.807) is 26.0 Å². The summed E-state index contributed by atoms with van der Waals surface area (Å²) in [7, 11) is -3.80. The highest BCUT2D eigenvalue weighted by Gasteiger charge is 2.35. The van der Waals surface area contributed by atoms with E-state index in [9.17, 15) is 17.6 Å². The molecular formula is C20H21FN4O4S2. The minimum absolute atomic E-state index is 0.0649. The number of piperidine rings is 1. The van der Waals surface area contributed by atoms with Crippen LogP contribution in [0, 0.1) is 25.6 Å². The van der Waals surface area contributed by atoms with Gasteiger partial charge in [0, 0.05) is 30.6 Å². The SMILES string of the molecule is Cc1nc(-c2cc(S(=O)(=O)N3CCC[C@H](C(=O)Nc4cccc(F)c4)C3)c(C)s2)no1. The van der Waals surface area contributed by atoms with Gasteiger partial charge in [-0.2, -0.15) is 9.29 Å². The molecule has 0 bridgehead atoms. The van der Waals surface area contributed by atoms with Crippen LogP contribution in [0.1, 0.15) is 23.6 Å². The van der Waals surface area contributed by atoms with Crippen LogP contribution in [0.3, 0.4) is 0 Å². The van der Waals surface area contributed by atoms with Gasteiger partial charge in [0.05, 0.1) is 15.7 Å². The highest BCUT2D eigenvalue weighted by molar-refractivity contribution is 7.89. The van der Waals surface area contributed by atoms with Gasteiger partial charge in [0.15, 0.2) is 0 Å². The molecule has 3 heterocycles. The molecule has 0 saturated carbocycles. The quantitative estimate of drug-likeness (QED) is 0.619. The van der Waals surface area contributed by atoms with Crippen molar-refractivity contribution in [1.82, 2.24) is 14.4 Å². The zero-order valence-corrected chi connectivity index (χ0v) is 18.6. The maximum atomic E-state index is 13.4. The number of carbonyl (C=O) groups excluding carboxylic acids is 1. The Morgan fingerprint density at radius 2 is 2.13 bits per heavy atom. The van der Waals surface area contributed by atoms with Crippen molar-refractivity contribution in [3.63, 3.8) is 0 Å². The molecule has 11 heteroatoms. The normalized spacial score (nSPS) is 17.6. The number of aromatic nitrogens is 2. The minimum atomic E-state index is -3.80. The Morgan fingerprint density at radius 1 is 1.32 bits per heavy atom. The molecule has 1 fully saturated rings. The van der Waals surface area contributed by atoms with Gasteiger partial charge < -0.3 is 9.84 Å². The maximum absolute atomic E-state index is 13.4. The molecule has 8 nitrogen and oxygen atoms in total. The number of hydrogen-bond acceptors (Lipinski definition) is 7. The summed E-state index contributed by atoms with van der Waals surface area (Å²) in [6.45, 7) is 3.79. The van der Waals surface area contributed by atoms with Crippen LogP contribution in [0.25, 0.3) is 10.7 Å². The fraction of sp³-hybridized carbons (Fsp3) is 0.350. The van der Waals surface area contributed by atoms with E-state index in [-0.39, 0.29) is 17.3 Å². The van der Waals surface area contributed by atoms with Crippen LogP contribution in [-0.4, -0.2) is 41.9 Å². The van der Waals surface area contributed by atoms with Gasteiger partial charge in [0.1, 0.15) is 5.82 Å². The van der Waals surface area contributed by atoms with Crippen molar-refractivity contribution in [2.75, 3.05) is 18.4 Å². The standard InChI is InChI=1S/C20H21FN4O4S2/c1-12-18(10-17(30-12)19-22-13(2)29-24-19)31(27,28)25-8-4-5-14(11-25)20(26)23-16-7-3-6-15(21)9-16/h3,6-7,9-10,14H,4-5,8,11H2,1-2H3,(H,23,26)/t14-/m0/s1. The molecule has 164 valence electrons. The Morgan fingerprint density at radius 3 is 2.84 bits per heavy atom. The number of sulfonamides is 1. The molecule has 1 amide bonds. The number of amides is 1. The molecular weight excluding hydrogens is 443 g/mol. The summed E-state index contributed by atoms with van der Waals surface area (Å²) in [4.78, 5) is 18.2. The van der Waals surface area contributed by atoms with E-state index in [2.05, 4.69) is 15.5 Å². The molecule has 0 aliphatic carbocycles. The van der Waals surface area contributed by atoms with Gasteiger partial charge >= 0.3 is 0 Å². The van der Waals surface area contributed by atoms with E-state index in [0.29, 0.717) is 46.5 Å². The van der Waals surface area contributed by atoms with E-state index >= 15 is 0 Å². The van der Waals surface area contributed by atoms with Gasteiger partial charge in [-0.25, -0.2) is 12.8 Å².